The molecular formula is C7H6F3Si. The first-order valence-corrected chi connectivity index (χ1v) is 3.70. The Morgan fingerprint density at radius 3 is 2.00 bits per heavy atom. The van der Waals surface area contributed by atoms with Gasteiger partial charge in [0.25, 0.3) is 0 Å². The Morgan fingerprint density at radius 1 is 1.09 bits per heavy atom. The lowest BCUT2D eigenvalue weighted by molar-refractivity contribution is -0.136. The number of alkyl halides is 3. The highest BCUT2D eigenvalue weighted by Gasteiger charge is 2.31. The predicted octanol–water partition coefficient (Wildman–Crippen LogP) is 0.964. The van der Waals surface area contributed by atoms with Crippen LogP contribution in [0.3, 0.4) is 0 Å². The molecule has 0 amide bonds. The summed E-state index contributed by atoms with van der Waals surface area (Å²) in [6, 6.07) is 5.53. The molecule has 1 rings (SSSR count). The summed E-state index contributed by atoms with van der Waals surface area (Å²) in [5, 5.41) is 0.292. The summed E-state index contributed by atoms with van der Waals surface area (Å²) in [4.78, 5) is 0. The first-order valence-electron chi connectivity index (χ1n) is 3.00. The van der Waals surface area contributed by atoms with Crippen molar-refractivity contribution in [3.63, 3.8) is 0 Å². The number of rotatable bonds is 0. The Kier molecular flexibility index (Phi) is 2.04. The van der Waals surface area contributed by atoms with Crippen LogP contribution in [-0.2, 0) is 6.18 Å². The third-order valence-corrected chi connectivity index (χ3v) is 1.94. The molecule has 0 bridgehead atoms. The summed E-state index contributed by atoms with van der Waals surface area (Å²) in [6.07, 6.45) is -4.21. The van der Waals surface area contributed by atoms with Crippen LogP contribution >= 0.6 is 0 Å². The average Bonchev–Trinajstić information content (AvgIpc) is 1.86. The van der Waals surface area contributed by atoms with E-state index < -0.39 is 11.7 Å². The van der Waals surface area contributed by atoms with Gasteiger partial charge in [-0.15, -0.1) is 0 Å². The van der Waals surface area contributed by atoms with Gasteiger partial charge in [0.1, 0.15) is 0 Å². The van der Waals surface area contributed by atoms with E-state index in [0.717, 1.165) is 6.07 Å². The van der Waals surface area contributed by atoms with Crippen molar-refractivity contribution in [1.29, 1.82) is 0 Å². The Balaban J connectivity index is 3.14. The lowest BCUT2D eigenvalue weighted by atomic mass is 10.2. The molecule has 1 radical (unpaired) electrons. The van der Waals surface area contributed by atoms with Crippen LogP contribution in [0.15, 0.2) is 24.3 Å². The van der Waals surface area contributed by atoms with E-state index >= 15 is 0 Å². The van der Waals surface area contributed by atoms with Gasteiger partial charge in [-0.1, -0.05) is 29.5 Å². The summed E-state index contributed by atoms with van der Waals surface area (Å²) in [6.45, 7) is 0. The van der Waals surface area contributed by atoms with Gasteiger partial charge in [0.05, 0.1) is 5.56 Å². The molecule has 1 aromatic rings. The van der Waals surface area contributed by atoms with E-state index in [4.69, 9.17) is 0 Å². The Labute approximate surface area is 65.5 Å². The van der Waals surface area contributed by atoms with Gasteiger partial charge in [-0.05, 0) is 0 Å². The molecule has 0 unspecified atom stereocenters. The van der Waals surface area contributed by atoms with Crippen molar-refractivity contribution >= 4 is 15.4 Å². The number of halogens is 3. The molecule has 0 nitrogen and oxygen atoms in total. The summed E-state index contributed by atoms with van der Waals surface area (Å²) in [5.74, 6) is 0. The van der Waals surface area contributed by atoms with E-state index in [2.05, 4.69) is 0 Å². The highest BCUT2D eigenvalue weighted by molar-refractivity contribution is 6.33. The monoisotopic (exact) mass is 175 g/mol. The van der Waals surface area contributed by atoms with Crippen molar-refractivity contribution < 1.29 is 13.2 Å². The van der Waals surface area contributed by atoms with Gasteiger partial charge in [-0.2, -0.15) is 13.2 Å². The maximum Gasteiger partial charge on any atom is 0.416 e. The molecule has 0 fully saturated rings. The molecule has 4 heteroatoms. The molecule has 0 aliphatic rings. The quantitative estimate of drug-likeness (QED) is 0.515. The molecule has 0 N–H and O–H groups in total. The van der Waals surface area contributed by atoms with Crippen LogP contribution in [0.2, 0.25) is 0 Å². The molecule has 1 aromatic carbocycles. The summed E-state index contributed by atoms with van der Waals surface area (Å²) < 4.78 is 36.2. The predicted molar refractivity (Wildman–Crippen MR) is 39.6 cm³/mol. The Bertz CT molecular complexity index is 254. The van der Waals surface area contributed by atoms with Crippen LogP contribution in [-0.4, -0.2) is 10.2 Å². The van der Waals surface area contributed by atoms with Crippen LogP contribution in [0.4, 0.5) is 13.2 Å². The van der Waals surface area contributed by atoms with Gasteiger partial charge in [-0.25, -0.2) is 0 Å². The standard InChI is InChI=1S/C7H6F3Si/c8-7(9,10)5-3-1-2-4-6(5)11/h1-4H,11H2. The number of hydrogen-bond donors (Lipinski definition) is 0. The highest BCUT2D eigenvalue weighted by atomic mass is 28.1. The second-order valence-electron chi connectivity index (χ2n) is 2.15. The van der Waals surface area contributed by atoms with E-state index in [-0.39, 0.29) is 0 Å². The van der Waals surface area contributed by atoms with Crippen molar-refractivity contribution in [2.75, 3.05) is 0 Å². The summed E-state index contributed by atoms with van der Waals surface area (Å²) in [5.41, 5.74) is -0.543. The molecule has 0 saturated carbocycles. The van der Waals surface area contributed by atoms with Crippen molar-refractivity contribution in [3.8, 4) is 0 Å². The highest BCUT2D eigenvalue weighted by Crippen LogP contribution is 2.26. The lowest BCUT2D eigenvalue weighted by Gasteiger charge is -2.08. The normalized spacial score (nSPS) is 11.6. The van der Waals surface area contributed by atoms with E-state index in [0.29, 0.717) is 5.19 Å². The zero-order chi connectivity index (χ0) is 8.48. The molecule has 0 aliphatic carbocycles. The third kappa shape index (κ3) is 1.83. The maximum atomic E-state index is 12.1. The van der Waals surface area contributed by atoms with Crippen molar-refractivity contribution in [1.82, 2.24) is 0 Å². The topological polar surface area (TPSA) is 0 Å². The van der Waals surface area contributed by atoms with Crippen LogP contribution in [0, 0.1) is 0 Å². The fourth-order valence-corrected chi connectivity index (χ4v) is 1.25. The third-order valence-electron chi connectivity index (χ3n) is 1.32. The largest absolute Gasteiger partial charge is 0.416 e. The second kappa shape index (κ2) is 2.69. The van der Waals surface area contributed by atoms with Crippen molar-refractivity contribution in [2.45, 2.75) is 6.18 Å². The molecule has 0 aliphatic heterocycles. The van der Waals surface area contributed by atoms with E-state index in [1.807, 2.05) is 0 Å². The molecule has 0 saturated heterocycles. The Morgan fingerprint density at radius 2 is 1.64 bits per heavy atom. The van der Waals surface area contributed by atoms with Gasteiger partial charge >= 0.3 is 6.18 Å². The smallest absolute Gasteiger partial charge is 0.166 e. The minimum Gasteiger partial charge on any atom is -0.166 e. The summed E-state index contributed by atoms with van der Waals surface area (Å²) in [7, 11) is 1.25. The minimum absolute atomic E-state index is 0.292. The molecule has 0 heterocycles. The van der Waals surface area contributed by atoms with Gasteiger partial charge < -0.3 is 0 Å². The van der Waals surface area contributed by atoms with Crippen molar-refractivity contribution in [3.05, 3.63) is 29.8 Å². The zero-order valence-electron chi connectivity index (χ0n) is 5.65. The van der Waals surface area contributed by atoms with Gasteiger partial charge in [0, 0.05) is 10.2 Å². The molecule has 0 aromatic heterocycles. The van der Waals surface area contributed by atoms with Gasteiger partial charge in [-0.3, -0.25) is 0 Å². The van der Waals surface area contributed by atoms with E-state index in [1.54, 1.807) is 6.07 Å². The number of benzene rings is 1. The first-order chi connectivity index (χ1) is 5.02. The van der Waals surface area contributed by atoms with Crippen LogP contribution in [0.1, 0.15) is 5.56 Å². The minimum atomic E-state index is -4.21. The fourth-order valence-electron chi connectivity index (χ4n) is 0.797. The van der Waals surface area contributed by atoms with Gasteiger partial charge in [0.15, 0.2) is 0 Å². The molecule has 11 heavy (non-hydrogen) atoms. The number of hydrogen-bond acceptors (Lipinski definition) is 0. The van der Waals surface area contributed by atoms with Crippen LogP contribution < -0.4 is 5.19 Å². The zero-order valence-corrected chi connectivity index (χ0v) is 7.06. The van der Waals surface area contributed by atoms with Crippen LogP contribution in [0.5, 0.6) is 0 Å². The van der Waals surface area contributed by atoms with E-state index in [9.17, 15) is 13.2 Å². The molecular weight excluding hydrogens is 169 g/mol. The maximum absolute atomic E-state index is 12.1. The van der Waals surface area contributed by atoms with Crippen LogP contribution in [0.25, 0.3) is 0 Å². The second-order valence-corrected chi connectivity index (χ2v) is 2.92. The molecule has 59 valence electrons. The Hall–Kier alpha value is -0.773. The SMILES string of the molecule is FC(F)(F)c1ccccc1[SiH2]. The fraction of sp³-hybridized carbons (Fsp3) is 0.143. The first kappa shape index (κ1) is 8.32. The molecule has 0 spiro atoms. The van der Waals surface area contributed by atoms with Crippen molar-refractivity contribution in [2.24, 2.45) is 0 Å². The van der Waals surface area contributed by atoms with E-state index in [1.165, 1.54) is 22.4 Å². The van der Waals surface area contributed by atoms with Gasteiger partial charge in [0.2, 0.25) is 0 Å². The molecule has 0 atom stereocenters. The lowest BCUT2D eigenvalue weighted by Crippen LogP contribution is -2.18. The summed E-state index contributed by atoms with van der Waals surface area (Å²) >= 11 is 0. The average molecular weight is 175 g/mol.